The van der Waals surface area contributed by atoms with E-state index in [1.165, 1.54) is 12.1 Å². The molecule has 0 aliphatic carbocycles. The van der Waals surface area contributed by atoms with Gasteiger partial charge in [0.05, 0.1) is 10.9 Å². The molecule has 1 aromatic heterocycles. The van der Waals surface area contributed by atoms with Crippen LogP contribution in [0.15, 0.2) is 34.7 Å². The van der Waals surface area contributed by atoms with Gasteiger partial charge in [-0.2, -0.15) is 13.2 Å². The molecule has 22 heavy (non-hydrogen) atoms. The van der Waals surface area contributed by atoms with Crippen molar-refractivity contribution < 1.29 is 17.6 Å². The maximum Gasteiger partial charge on any atom is 0.416 e. The average Bonchev–Trinajstić information content (AvgIpc) is 2.79. The molecular formula is C17H18ClF3O. The van der Waals surface area contributed by atoms with Gasteiger partial charge < -0.3 is 4.42 Å². The quantitative estimate of drug-likeness (QED) is 0.575. The van der Waals surface area contributed by atoms with Crippen LogP contribution >= 0.6 is 11.6 Å². The van der Waals surface area contributed by atoms with Crippen LogP contribution in [0.5, 0.6) is 0 Å². The number of rotatable bonds is 4. The second-order valence-corrected chi connectivity index (χ2v) is 6.32. The molecule has 0 N–H and O–H groups in total. The Labute approximate surface area is 133 Å². The number of benzene rings is 1. The van der Waals surface area contributed by atoms with Crippen LogP contribution in [0, 0.1) is 12.8 Å². The average molecular weight is 331 g/mol. The molecule has 0 fully saturated rings. The van der Waals surface area contributed by atoms with Crippen molar-refractivity contribution in [2.24, 2.45) is 5.92 Å². The molecule has 0 aliphatic heterocycles. The normalized spacial score (nSPS) is 13.6. The summed E-state index contributed by atoms with van der Waals surface area (Å²) in [6.45, 7) is 5.99. The van der Waals surface area contributed by atoms with E-state index in [1.54, 1.807) is 0 Å². The van der Waals surface area contributed by atoms with E-state index >= 15 is 0 Å². The summed E-state index contributed by atoms with van der Waals surface area (Å²) < 4.78 is 43.4. The number of hydrogen-bond acceptors (Lipinski definition) is 1. The highest BCUT2D eigenvalue weighted by Crippen LogP contribution is 2.36. The number of alkyl halides is 4. The van der Waals surface area contributed by atoms with Gasteiger partial charge >= 0.3 is 6.18 Å². The summed E-state index contributed by atoms with van der Waals surface area (Å²) in [6, 6.07) is 6.75. The van der Waals surface area contributed by atoms with Crippen molar-refractivity contribution in [3.8, 4) is 11.3 Å². The maximum atomic E-state index is 12.6. The highest BCUT2D eigenvalue weighted by molar-refractivity contribution is 6.20. The fraction of sp³-hybridized carbons (Fsp3) is 0.412. The third-order valence-electron chi connectivity index (χ3n) is 3.47. The lowest BCUT2D eigenvalue weighted by Crippen LogP contribution is -2.03. The summed E-state index contributed by atoms with van der Waals surface area (Å²) in [4.78, 5) is 0. The molecule has 0 bridgehead atoms. The standard InChI is InChI=1S/C17H18ClF3O/c1-10(2)8-15(18)14-9-16(22-11(14)3)12-4-6-13(7-5-12)17(19,20)21/h4-7,9-10,15H,8H2,1-3H3. The summed E-state index contributed by atoms with van der Waals surface area (Å²) in [5, 5.41) is -0.160. The van der Waals surface area contributed by atoms with Gasteiger partial charge in [0.2, 0.25) is 0 Å². The molecule has 0 radical (unpaired) electrons. The Morgan fingerprint density at radius 2 is 1.73 bits per heavy atom. The van der Waals surface area contributed by atoms with Gasteiger partial charge in [-0.3, -0.25) is 0 Å². The molecule has 1 nitrogen and oxygen atoms in total. The van der Waals surface area contributed by atoms with Crippen LogP contribution in [0.1, 0.15) is 42.5 Å². The Kier molecular flexibility index (Phi) is 4.90. The molecule has 1 aromatic carbocycles. The lowest BCUT2D eigenvalue weighted by Gasteiger charge is -2.10. The molecule has 0 amide bonds. The molecule has 0 aliphatic rings. The Morgan fingerprint density at radius 1 is 1.14 bits per heavy atom. The first-order valence-corrected chi connectivity index (χ1v) is 7.54. The van der Waals surface area contributed by atoms with E-state index in [4.69, 9.17) is 16.0 Å². The molecule has 1 heterocycles. The van der Waals surface area contributed by atoms with Crippen molar-refractivity contribution in [2.45, 2.75) is 38.7 Å². The van der Waals surface area contributed by atoms with Crippen LogP contribution in [0.4, 0.5) is 13.2 Å². The smallest absolute Gasteiger partial charge is 0.416 e. The van der Waals surface area contributed by atoms with Crippen molar-refractivity contribution in [3.05, 3.63) is 47.2 Å². The zero-order valence-corrected chi connectivity index (χ0v) is 13.4. The molecule has 120 valence electrons. The molecule has 1 unspecified atom stereocenters. The Balaban J connectivity index is 2.27. The van der Waals surface area contributed by atoms with Gasteiger partial charge in [0.1, 0.15) is 11.5 Å². The van der Waals surface area contributed by atoms with E-state index in [2.05, 4.69) is 13.8 Å². The topological polar surface area (TPSA) is 13.1 Å². The van der Waals surface area contributed by atoms with E-state index in [9.17, 15) is 13.2 Å². The Hall–Kier alpha value is -1.42. The summed E-state index contributed by atoms with van der Waals surface area (Å²) >= 11 is 6.38. The second kappa shape index (κ2) is 6.37. The van der Waals surface area contributed by atoms with Gasteiger partial charge in [0.25, 0.3) is 0 Å². The Bertz CT molecular complexity index is 626. The Morgan fingerprint density at radius 3 is 2.23 bits per heavy atom. The summed E-state index contributed by atoms with van der Waals surface area (Å²) in [6.07, 6.45) is -3.52. The monoisotopic (exact) mass is 330 g/mol. The third kappa shape index (κ3) is 3.86. The first-order chi connectivity index (χ1) is 10.2. The molecule has 0 saturated carbocycles. The minimum atomic E-state index is -4.33. The summed E-state index contributed by atoms with van der Waals surface area (Å²) in [5.74, 6) is 1.69. The predicted octanol–water partition coefficient (Wildman–Crippen LogP) is 6.60. The molecule has 1 atom stereocenters. The highest BCUT2D eigenvalue weighted by Gasteiger charge is 2.30. The largest absolute Gasteiger partial charge is 0.461 e. The third-order valence-corrected chi connectivity index (χ3v) is 3.88. The molecular weight excluding hydrogens is 313 g/mol. The van der Waals surface area contributed by atoms with E-state index in [0.717, 1.165) is 24.1 Å². The van der Waals surface area contributed by atoms with Crippen molar-refractivity contribution >= 4 is 11.6 Å². The van der Waals surface area contributed by atoms with Gasteiger partial charge in [-0.15, -0.1) is 11.6 Å². The van der Waals surface area contributed by atoms with Gasteiger partial charge in [-0.05, 0) is 37.5 Å². The van der Waals surface area contributed by atoms with E-state index in [1.807, 2.05) is 13.0 Å². The van der Waals surface area contributed by atoms with Crippen LogP contribution in [0.25, 0.3) is 11.3 Å². The molecule has 5 heteroatoms. The van der Waals surface area contributed by atoms with Crippen molar-refractivity contribution in [3.63, 3.8) is 0 Å². The van der Waals surface area contributed by atoms with Crippen molar-refractivity contribution in [1.82, 2.24) is 0 Å². The van der Waals surface area contributed by atoms with E-state index in [-0.39, 0.29) is 5.38 Å². The number of hydrogen-bond donors (Lipinski definition) is 0. The SMILES string of the molecule is Cc1oc(-c2ccc(C(F)(F)F)cc2)cc1C(Cl)CC(C)C. The number of halogens is 4. The minimum absolute atomic E-state index is 0.160. The van der Waals surface area contributed by atoms with Crippen LogP contribution < -0.4 is 0 Å². The van der Waals surface area contributed by atoms with Crippen molar-refractivity contribution in [2.75, 3.05) is 0 Å². The van der Waals surface area contributed by atoms with Crippen LogP contribution in [-0.2, 0) is 6.18 Å². The number of aryl methyl sites for hydroxylation is 1. The van der Waals surface area contributed by atoms with Crippen molar-refractivity contribution in [1.29, 1.82) is 0 Å². The lowest BCUT2D eigenvalue weighted by molar-refractivity contribution is -0.137. The van der Waals surface area contributed by atoms with Gasteiger partial charge in [0.15, 0.2) is 0 Å². The zero-order valence-electron chi connectivity index (χ0n) is 12.7. The van der Waals surface area contributed by atoms with Gasteiger partial charge in [-0.25, -0.2) is 0 Å². The minimum Gasteiger partial charge on any atom is -0.461 e. The lowest BCUT2D eigenvalue weighted by atomic mass is 10.0. The second-order valence-electron chi connectivity index (χ2n) is 5.79. The number of furan rings is 1. The summed E-state index contributed by atoms with van der Waals surface area (Å²) in [7, 11) is 0. The molecule has 2 aromatic rings. The first kappa shape index (κ1) is 16.9. The summed E-state index contributed by atoms with van der Waals surface area (Å²) in [5.41, 5.74) is 0.829. The predicted molar refractivity (Wildman–Crippen MR) is 81.9 cm³/mol. The van der Waals surface area contributed by atoms with Crippen LogP contribution in [0.3, 0.4) is 0 Å². The zero-order chi connectivity index (χ0) is 16.5. The fourth-order valence-electron chi connectivity index (χ4n) is 2.31. The van der Waals surface area contributed by atoms with Crippen LogP contribution in [0.2, 0.25) is 0 Å². The van der Waals surface area contributed by atoms with Crippen LogP contribution in [-0.4, -0.2) is 0 Å². The van der Waals surface area contributed by atoms with Gasteiger partial charge in [0, 0.05) is 11.1 Å². The highest BCUT2D eigenvalue weighted by atomic mass is 35.5. The molecule has 2 rings (SSSR count). The van der Waals surface area contributed by atoms with Gasteiger partial charge in [-0.1, -0.05) is 26.0 Å². The van der Waals surface area contributed by atoms with E-state index < -0.39 is 11.7 Å². The molecule has 0 spiro atoms. The maximum absolute atomic E-state index is 12.6. The van der Waals surface area contributed by atoms with E-state index in [0.29, 0.717) is 23.0 Å². The first-order valence-electron chi connectivity index (χ1n) is 7.10. The fourth-order valence-corrected chi connectivity index (χ4v) is 2.89. The molecule has 0 saturated heterocycles.